The fraction of sp³-hybridized carbons (Fsp3) is 0.143. The Bertz CT molecular complexity index is 604. The van der Waals surface area contributed by atoms with E-state index in [1.54, 1.807) is 18.2 Å². The number of hydrogen-bond donors (Lipinski definition) is 1. The van der Waals surface area contributed by atoms with Gasteiger partial charge in [-0.05, 0) is 23.8 Å². The predicted octanol–water partition coefficient (Wildman–Crippen LogP) is 5.17. The van der Waals surface area contributed by atoms with Crippen molar-refractivity contribution in [2.45, 2.75) is 12.5 Å². The normalized spacial score (nSPS) is 12.5. The summed E-state index contributed by atoms with van der Waals surface area (Å²) < 4.78 is 14.6. The molecule has 0 aliphatic heterocycles. The van der Waals surface area contributed by atoms with Crippen molar-refractivity contribution >= 4 is 39.1 Å². The van der Waals surface area contributed by atoms with Crippen molar-refractivity contribution in [1.82, 2.24) is 0 Å². The molecule has 5 heteroatoms. The van der Waals surface area contributed by atoms with Gasteiger partial charge in [0.1, 0.15) is 5.82 Å². The van der Waals surface area contributed by atoms with Crippen molar-refractivity contribution in [3.05, 3.63) is 67.9 Å². The average molecular weight is 364 g/mol. The number of hydrogen-bond acceptors (Lipinski definition) is 1. The number of halogens is 4. The van der Waals surface area contributed by atoms with Gasteiger partial charge in [0.15, 0.2) is 0 Å². The summed E-state index contributed by atoms with van der Waals surface area (Å²) in [4.78, 5) is 0. The lowest BCUT2D eigenvalue weighted by atomic mass is 10.0. The lowest BCUT2D eigenvalue weighted by Gasteiger charge is -2.13. The molecule has 100 valence electrons. The Kier molecular flexibility index (Phi) is 4.85. The van der Waals surface area contributed by atoms with E-state index in [9.17, 15) is 9.50 Å². The number of benzene rings is 2. The van der Waals surface area contributed by atoms with Crippen molar-refractivity contribution < 1.29 is 9.50 Å². The number of aliphatic hydroxyl groups excluding tert-OH is 1. The quantitative estimate of drug-likeness (QED) is 0.797. The van der Waals surface area contributed by atoms with Gasteiger partial charge in [0, 0.05) is 21.5 Å². The standard InChI is InChI=1S/C14H10BrCl2FO/c15-9-5-4-8(12(17)7-9)6-13(19)10-2-1-3-11(16)14(10)18/h1-5,7,13,19H,6H2. The van der Waals surface area contributed by atoms with E-state index in [1.807, 2.05) is 6.07 Å². The molecule has 2 rings (SSSR count). The molecule has 0 aromatic heterocycles. The topological polar surface area (TPSA) is 20.2 Å². The van der Waals surface area contributed by atoms with E-state index in [0.29, 0.717) is 5.02 Å². The molecule has 1 atom stereocenters. The van der Waals surface area contributed by atoms with E-state index in [1.165, 1.54) is 12.1 Å². The molecule has 0 heterocycles. The second-order valence-corrected chi connectivity index (χ2v) is 5.83. The van der Waals surface area contributed by atoms with Crippen LogP contribution in [0, 0.1) is 5.82 Å². The SMILES string of the molecule is OC(Cc1ccc(Br)cc1Cl)c1cccc(Cl)c1F. The van der Waals surface area contributed by atoms with Gasteiger partial charge in [-0.15, -0.1) is 0 Å². The monoisotopic (exact) mass is 362 g/mol. The highest BCUT2D eigenvalue weighted by atomic mass is 79.9. The van der Waals surface area contributed by atoms with Crippen LogP contribution in [-0.4, -0.2) is 5.11 Å². The van der Waals surface area contributed by atoms with Crippen molar-refractivity contribution in [2.75, 3.05) is 0 Å². The second kappa shape index (κ2) is 6.23. The van der Waals surface area contributed by atoms with Crippen molar-refractivity contribution in [1.29, 1.82) is 0 Å². The first-order chi connectivity index (χ1) is 8.99. The zero-order valence-corrected chi connectivity index (χ0v) is 12.8. The highest BCUT2D eigenvalue weighted by molar-refractivity contribution is 9.10. The largest absolute Gasteiger partial charge is 0.388 e. The molecule has 0 aliphatic carbocycles. The fourth-order valence-electron chi connectivity index (χ4n) is 1.78. The molecule has 1 nitrogen and oxygen atoms in total. The van der Waals surface area contributed by atoms with Gasteiger partial charge in [-0.1, -0.05) is 57.3 Å². The summed E-state index contributed by atoms with van der Waals surface area (Å²) in [5.41, 5.74) is 0.920. The maximum Gasteiger partial charge on any atom is 0.147 e. The molecular formula is C14H10BrCl2FO. The molecule has 2 aromatic carbocycles. The van der Waals surface area contributed by atoms with Gasteiger partial charge in [-0.2, -0.15) is 0 Å². The molecule has 0 saturated heterocycles. The van der Waals surface area contributed by atoms with E-state index >= 15 is 0 Å². The highest BCUT2D eigenvalue weighted by Crippen LogP contribution is 2.29. The molecule has 19 heavy (non-hydrogen) atoms. The first-order valence-corrected chi connectivity index (χ1v) is 7.10. The van der Waals surface area contributed by atoms with Crippen LogP contribution in [-0.2, 0) is 6.42 Å². The zero-order valence-electron chi connectivity index (χ0n) is 9.71. The van der Waals surface area contributed by atoms with E-state index in [-0.39, 0.29) is 17.0 Å². The highest BCUT2D eigenvalue weighted by Gasteiger charge is 2.16. The van der Waals surface area contributed by atoms with E-state index in [2.05, 4.69) is 15.9 Å². The number of rotatable bonds is 3. The average Bonchev–Trinajstić information content (AvgIpc) is 2.36. The zero-order chi connectivity index (χ0) is 14.0. The Morgan fingerprint density at radius 3 is 2.58 bits per heavy atom. The summed E-state index contributed by atoms with van der Waals surface area (Å²) in [6.07, 6.45) is -0.763. The van der Waals surface area contributed by atoms with E-state index in [0.717, 1.165) is 10.0 Å². The summed E-state index contributed by atoms with van der Waals surface area (Å²) in [6, 6.07) is 9.91. The number of aliphatic hydroxyl groups is 1. The lowest BCUT2D eigenvalue weighted by molar-refractivity contribution is 0.173. The second-order valence-electron chi connectivity index (χ2n) is 4.10. The Labute approximate surface area is 129 Å². The minimum absolute atomic E-state index is 0.00143. The Balaban J connectivity index is 2.25. The van der Waals surface area contributed by atoms with Crippen molar-refractivity contribution in [3.63, 3.8) is 0 Å². The molecule has 0 spiro atoms. The third-order valence-electron chi connectivity index (χ3n) is 2.77. The van der Waals surface area contributed by atoms with Gasteiger partial charge in [-0.25, -0.2) is 4.39 Å². The molecule has 2 aromatic rings. The van der Waals surface area contributed by atoms with Gasteiger partial charge >= 0.3 is 0 Å². The Hall–Kier alpha value is -0.610. The Morgan fingerprint density at radius 2 is 1.89 bits per heavy atom. The summed E-state index contributed by atoms with van der Waals surface area (Å²) in [5.74, 6) is -0.593. The smallest absolute Gasteiger partial charge is 0.147 e. The minimum atomic E-state index is -0.989. The summed E-state index contributed by atoms with van der Waals surface area (Å²) in [6.45, 7) is 0. The first kappa shape index (κ1) is 14.8. The molecule has 0 radical (unpaired) electrons. The third kappa shape index (κ3) is 3.48. The third-order valence-corrected chi connectivity index (χ3v) is 3.91. The maximum absolute atomic E-state index is 13.8. The summed E-state index contributed by atoms with van der Waals surface area (Å²) in [5, 5.41) is 10.6. The van der Waals surface area contributed by atoms with Crippen LogP contribution in [0.3, 0.4) is 0 Å². The van der Waals surface area contributed by atoms with Gasteiger partial charge in [0.25, 0.3) is 0 Å². The molecule has 0 fully saturated rings. The van der Waals surface area contributed by atoms with Gasteiger partial charge in [-0.3, -0.25) is 0 Å². The maximum atomic E-state index is 13.8. The molecule has 0 amide bonds. The lowest BCUT2D eigenvalue weighted by Crippen LogP contribution is -2.05. The van der Waals surface area contributed by atoms with Gasteiger partial charge < -0.3 is 5.11 Å². The Morgan fingerprint density at radius 1 is 1.16 bits per heavy atom. The van der Waals surface area contributed by atoms with E-state index in [4.69, 9.17) is 23.2 Å². The molecule has 0 saturated carbocycles. The van der Waals surface area contributed by atoms with Crippen LogP contribution >= 0.6 is 39.1 Å². The van der Waals surface area contributed by atoms with Crippen LogP contribution < -0.4 is 0 Å². The van der Waals surface area contributed by atoms with Crippen molar-refractivity contribution in [3.8, 4) is 0 Å². The summed E-state index contributed by atoms with van der Waals surface area (Å²) in [7, 11) is 0. The molecule has 0 aliphatic rings. The van der Waals surface area contributed by atoms with Crippen LogP contribution in [0.15, 0.2) is 40.9 Å². The van der Waals surface area contributed by atoms with Crippen LogP contribution in [0.5, 0.6) is 0 Å². The van der Waals surface area contributed by atoms with Crippen LogP contribution in [0.2, 0.25) is 10.0 Å². The predicted molar refractivity (Wildman–Crippen MR) is 79.2 cm³/mol. The molecular weight excluding hydrogens is 354 g/mol. The van der Waals surface area contributed by atoms with Crippen LogP contribution in [0.25, 0.3) is 0 Å². The van der Waals surface area contributed by atoms with Crippen LogP contribution in [0.4, 0.5) is 4.39 Å². The van der Waals surface area contributed by atoms with Gasteiger partial charge in [0.2, 0.25) is 0 Å². The van der Waals surface area contributed by atoms with E-state index < -0.39 is 11.9 Å². The van der Waals surface area contributed by atoms with Crippen molar-refractivity contribution in [2.24, 2.45) is 0 Å². The molecule has 0 bridgehead atoms. The van der Waals surface area contributed by atoms with Gasteiger partial charge in [0.05, 0.1) is 11.1 Å². The molecule has 1 unspecified atom stereocenters. The minimum Gasteiger partial charge on any atom is -0.388 e. The molecule has 1 N–H and O–H groups in total. The van der Waals surface area contributed by atoms with Crippen LogP contribution in [0.1, 0.15) is 17.2 Å². The fourth-order valence-corrected chi connectivity index (χ4v) is 2.72. The summed E-state index contributed by atoms with van der Waals surface area (Å²) >= 11 is 15.1. The first-order valence-electron chi connectivity index (χ1n) is 5.55.